The number of ether oxygens (including phenoxy) is 1. The van der Waals surface area contributed by atoms with Crippen LogP contribution in [0.1, 0.15) is 16.9 Å². The molecule has 0 aromatic carbocycles. The Bertz CT molecular complexity index is 608. The monoisotopic (exact) mass is 292 g/mol. The number of hydrogen-bond donors (Lipinski definition) is 1. The average Bonchev–Trinajstić information content (AvgIpc) is 2.85. The van der Waals surface area contributed by atoms with Crippen molar-refractivity contribution in [1.82, 2.24) is 19.8 Å². The minimum Gasteiger partial charge on any atom is -0.374 e. The number of H-pyrrole nitrogens is 1. The zero-order valence-electron chi connectivity index (χ0n) is 11.6. The molecule has 2 saturated heterocycles. The SMILES string of the molecule is CN1C(=O)CCO[C@H]2CN(C(=O)c3c[nH]c(=O)cn3)C[C@@H]21. The van der Waals surface area contributed by atoms with Crippen LogP contribution in [0.4, 0.5) is 0 Å². The van der Waals surface area contributed by atoms with Gasteiger partial charge in [0.15, 0.2) is 0 Å². The quantitative estimate of drug-likeness (QED) is 0.704. The van der Waals surface area contributed by atoms with E-state index >= 15 is 0 Å². The molecule has 0 unspecified atom stereocenters. The Hall–Kier alpha value is -2.22. The van der Waals surface area contributed by atoms with Crippen molar-refractivity contribution in [2.75, 3.05) is 26.7 Å². The van der Waals surface area contributed by atoms with E-state index in [-0.39, 0.29) is 35.2 Å². The van der Waals surface area contributed by atoms with Crippen LogP contribution >= 0.6 is 0 Å². The van der Waals surface area contributed by atoms with E-state index in [9.17, 15) is 14.4 Å². The molecular weight excluding hydrogens is 276 g/mol. The molecule has 0 spiro atoms. The third-order valence-corrected chi connectivity index (χ3v) is 3.95. The topological polar surface area (TPSA) is 95.6 Å². The number of hydrogen-bond acceptors (Lipinski definition) is 5. The lowest BCUT2D eigenvalue weighted by Crippen LogP contribution is -2.43. The van der Waals surface area contributed by atoms with Crippen LogP contribution in [0.25, 0.3) is 0 Å². The van der Waals surface area contributed by atoms with Gasteiger partial charge in [0, 0.05) is 26.3 Å². The Morgan fingerprint density at radius 3 is 2.95 bits per heavy atom. The molecule has 1 aromatic rings. The van der Waals surface area contributed by atoms with Crippen LogP contribution in [0.3, 0.4) is 0 Å². The maximum absolute atomic E-state index is 12.4. The highest BCUT2D eigenvalue weighted by atomic mass is 16.5. The van der Waals surface area contributed by atoms with E-state index in [4.69, 9.17) is 4.74 Å². The second-order valence-electron chi connectivity index (χ2n) is 5.24. The molecule has 112 valence electrons. The largest absolute Gasteiger partial charge is 0.374 e. The number of amides is 2. The van der Waals surface area contributed by atoms with E-state index in [1.54, 1.807) is 16.8 Å². The number of fused-ring (bicyclic) bond motifs is 1. The molecule has 1 aromatic heterocycles. The average molecular weight is 292 g/mol. The molecular formula is C13H16N4O4. The molecule has 2 fully saturated rings. The number of nitrogens with zero attached hydrogens (tertiary/aromatic N) is 3. The summed E-state index contributed by atoms with van der Waals surface area (Å²) in [6.45, 7) is 1.21. The first-order valence-electron chi connectivity index (χ1n) is 6.77. The molecule has 8 nitrogen and oxygen atoms in total. The summed E-state index contributed by atoms with van der Waals surface area (Å²) in [6, 6.07) is -0.133. The van der Waals surface area contributed by atoms with E-state index < -0.39 is 0 Å². The van der Waals surface area contributed by atoms with Gasteiger partial charge in [0.1, 0.15) is 5.69 Å². The van der Waals surface area contributed by atoms with Crippen LogP contribution < -0.4 is 5.56 Å². The first-order valence-corrected chi connectivity index (χ1v) is 6.77. The lowest BCUT2D eigenvalue weighted by atomic mass is 10.2. The number of aromatic amines is 1. The maximum Gasteiger partial charge on any atom is 0.274 e. The van der Waals surface area contributed by atoms with Crippen molar-refractivity contribution < 1.29 is 14.3 Å². The van der Waals surface area contributed by atoms with Crippen LogP contribution in [0.5, 0.6) is 0 Å². The number of likely N-dealkylation sites (N-methyl/N-ethyl adjacent to an activating group) is 1. The van der Waals surface area contributed by atoms with Crippen LogP contribution in [0.2, 0.25) is 0 Å². The number of rotatable bonds is 1. The Morgan fingerprint density at radius 1 is 1.43 bits per heavy atom. The van der Waals surface area contributed by atoms with Crippen molar-refractivity contribution in [3.63, 3.8) is 0 Å². The smallest absolute Gasteiger partial charge is 0.274 e. The standard InChI is InChI=1S/C13H16N4O4/c1-16-9-6-17(7-10(9)21-3-2-12(16)19)13(20)8-4-15-11(18)5-14-8/h4-5,9-10H,2-3,6-7H2,1H3,(H,15,18)/t9-,10-/m0/s1. The molecule has 8 heteroatoms. The predicted octanol–water partition coefficient (Wildman–Crippen LogP) is -1.16. The molecule has 21 heavy (non-hydrogen) atoms. The fraction of sp³-hybridized carbons (Fsp3) is 0.538. The third-order valence-electron chi connectivity index (χ3n) is 3.95. The molecule has 1 N–H and O–H groups in total. The normalized spacial score (nSPS) is 25.7. The predicted molar refractivity (Wildman–Crippen MR) is 71.7 cm³/mol. The Kier molecular flexibility index (Phi) is 3.46. The van der Waals surface area contributed by atoms with Gasteiger partial charge in [-0.1, -0.05) is 0 Å². The second kappa shape index (κ2) is 5.28. The van der Waals surface area contributed by atoms with Crippen molar-refractivity contribution in [3.8, 4) is 0 Å². The summed E-state index contributed by atoms with van der Waals surface area (Å²) in [5.74, 6) is -0.247. The summed E-state index contributed by atoms with van der Waals surface area (Å²) in [5.41, 5.74) is -0.174. The van der Waals surface area contributed by atoms with Gasteiger partial charge in [-0.05, 0) is 0 Å². The van der Waals surface area contributed by atoms with Crippen molar-refractivity contribution in [1.29, 1.82) is 0 Å². The molecule has 3 heterocycles. The summed E-state index contributed by atoms with van der Waals surface area (Å²) in [5, 5.41) is 0. The van der Waals surface area contributed by atoms with Crippen molar-refractivity contribution >= 4 is 11.8 Å². The van der Waals surface area contributed by atoms with Crippen molar-refractivity contribution in [2.45, 2.75) is 18.6 Å². The van der Waals surface area contributed by atoms with Gasteiger partial charge in [0.25, 0.3) is 11.5 Å². The highest BCUT2D eigenvalue weighted by molar-refractivity contribution is 5.92. The Balaban J connectivity index is 1.77. The molecule has 2 aliphatic rings. The van der Waals surface area contributed by atoms with Crippen LogP contribution in [0, 0.1) is 0 Å². The van der Waals surface area contributed by atoms with Gasteiger partial charge in [-0.2, -0.15) is 0 Å². The molecule has 2 aliphatic heterocycles. The van der Waals surface area contributed by atoms with E-state index in [1.807, 2.05) is 0 Å². The summed E-state index contributed by atoms with van der Waals surface area (Å²) in [6.07, 6.45) is 2.58. The maximum atomic E-state index is 12.4. The van der Waals surface area contributed by atoms with Gasteiger partial charge in [-0.15, -0.1) is 0 Å². The van der Waals surface area contributed by atoms with Gasteiger partial charge in [-0.25, -0.2) is 4.98 Å². The molecule has 2 amide bonds. The zero-order valence-corrected chi connectivity index (χ0v) is 11.6. The Morgan fingerprint density at radius 2 is 2.24 bits per heavy atom. The minimum absolute atomic E-state index is 0.0268. The van der Waals surface area contributed by atoms with Crippen LogP contribution in [-0.2, 0) is 9.53 Å². The molecule has 3 rings (SSSR count). The summed E-state index contributed by atoms with van der Waals surface area (Å²) in [4.78, 5) is 44.7. The number of aromatic nitrogens is 2. The highest BCUT2D eigenvalue weighted by Gasteiger charge is 2.41. The molecule has 0 bridgehead atoms. The van der Waals surface area contributed by atoms with Crippen molar-refractivity contribution in [2.24, 2.45) is 0 Å². The first kappa shape index (κ1) is 13.7. The highest BCUT2D eigenvalue weighted by Crippen LogP contribution is 2.22. The van der Waals surface area contributed by atoms with Gasteiger partial charge >= 0.3 is 0 Å². The number of carbonyl (C=O) groups is 2. The van der Waals surface area contributed by atoms with E-state index in [1.165, 1.54) is 6.20 Å². The fourth-order valence-electron chi connectivity index (χ4n) is 2.74. The number of carbonyl (C=O) groups excluding carboxylic acids is 2. The van der Waals surface area contributed by atoms with Gasteiger partial charge in [-0.3, -0.25) is 14.4 Å². The second-order valence-corrected chi connectivity index (χ2v) is 5.24. The number of nitrogens with one attached hydrogen (secondary N) is 1. The van der Waals surface area contributed by atoms with Crippen LogP contribution in [0.15, 0.2) is 17.2 Å². The van der Waals surface area contributed by atoms with E-state index in [0.29, 0.717) is 26.1 Å². The minimum atomic E-state index is -0.355. The first-order chi connectivity index (χ1) is 10.1. The third kappa shape index (κ3) is 2.54. The van der Waals surface area contributed by atoms with E-state index in [0.717, 1.165) is 6.20 Å². The van der Waals surface area contributed by atoms with Crippen LogP contribution in [-0.4, -0.2) is 70.5 Å². The van der Waals surface area contributed by atoms with Gasteiger partial charge in [0.2, 0.25) is 5.91 Å². The summed E-state index contributed by atoms with van der Waals surface area (Å²) >= 11 is 0. The van der Waals surface area contributed by atoms with Crippen molar-refractivity contribution in [3.05, 3.63) is 28.4 Å². The zero-order chi connectivity index (χ0) is 15.0. The van der Waals surface area contributed by atoms with Gasteiger partial charge < -0.3 is 19.5 Å². The molecule has 0 aliphatic carbocycles. The lowest BCUT2D eigenvalue weighted by molar-refractivity contribution is -0.131. The fourth-order valence-corrected chi connectivity index (χ4v) is 2.74. The number of likely N-dealkylation sites (tertiary alicyclic amines) is 1. The van der Waals surface area contributed by atoms with Gasteiger partial charge in [0.05, 0.1) is 31.4 Å². The Labute approximate surface area is 120 Å². The lowest BCUT2D eigenvalue weighted by Gasteiger charge is -2.24. The molecule has 0 radical (unpaired) electrons. The summed E-state index contributed by atoms with van der Waals surface area (Å²) < 4.78 is 5.67. The molecule has 0 saturated carbocycles. The van der Waals surface area contributed by atoms with E-state index in [2.05, 4.69) is 9.97 Å². The summed E-state index contributed by atoms with van der Waals surface area (Å²) in [7, 11) is 1.74. The molecule has 2 atom stereocenters.